The Kier molecular flexibility index (Phi) is 1.10. The first-order valence-corrected chi connectivity index (χ1v) is 2.32. The van der Waals surface area contributed by atoms with E-state index in [1.54, 1.807) is 0 Å². The molecule has 0 aliphatic carbocycles. The Hall–Kier alpha value is -1.17. The molecule has 0 aromatic carbocycles. The van der Waals surface area contributed by atoms with E-state index in [1.165, 1.54) is 6.92 Å². The van der Waals surface area contributed by atoms with Crippen molar-refractivity contribution in [3.05, 3.63) is 0 Å². The zero-order valence-corrected chi connectivity index (χ0v) is 4.75. The lowest BCUT2D eigenvalue weighted by Gasteiger charge is -2.10. The van der Waals surface area contributed by atoms with Gasteiger partial charge in [0.15, 0.2) is 0 Å². The van der Waals surface area contributed by atoms with E-state index in [-0.39, 0.29) is 0 Å². The average molecular weight is 130 g/mol. The number of carboxylic acid groups (broad SMARTS) is 1. The van der Waals surface area contributed by atoms with Gasteiger partial charge in [-0.2, -0.15) is 5.43 Å². The molecule has 0 amide bonds. The molecule has 1 aliphatic heterocycles. The van der Waals surface area contributed by atoms with Crippen molar-refractivity contribution in [1.82, 2.24) is 11.0 Å². The minimum Gasteiger partial charge on any atom is -0.478 e. The zero-order chi connectivity index (χ0) is 6.91. The van der Waals surface area contributed by atoms with Crippen molar-refractivity contribution >= 4 is 5.97 Å². The second-order valence-corrected chi connectivity index (χ2v) is 1.81. The molecule has 3 N–H and O–H groups in total. The lowest BCUT2D eigenvalue weighted by molar-refractivity contribution is -0.143. The predicted octanol–water partition coefficient (Wildman–Crippen LogP) is -0.738. The molecule has 0 saturated heterocycles. The summed E-state index contributed by atoms with van der Waals surface area (Å²) in [5.74, 6) is -1.06. The van der Waals surface area contributed by atoms with Crippen molar-refractivity contribution in [2.75, 3.05) is 0 Å². The fourth-order valence-corrected chi connectivity index (χ4v) is 0.380. The van der Waals surface area contributed by atoms with Crippen LogP contribution in [0.4, 0.5) is 0 Å². The monoisotopic (exact) mass is 130 g/mol. The largest absolute Gasteiger partial charge is 0.478 e. The number of hydrazine groups is 1. The Morgan fingerprint density at radius 2 is 2.44 bits per heavy atom. The van der Waals surface area contributed by atoms with Gasteiger partial charge in [-0.05, 0) is 6.92 Å². The summed E-state index contributed by atoms with van der Waals surface area (Å²) in [5, 5.41) is 15.0. The van der Waals surface area contributed by atoms with E-state index >= 15 is 0 Å². The summed E-state index contributed by atoms with van der Waals surface area (Å²) in [6, 6.07) is 0. The van der Waals surface area contributed by atoms with Gasteiger partial charge in [0.05, 0.1) is 0 Å². The molecule has 1 heterocycles. The van der Waals surface area contributed by atoms with E-state index < -0.39 is 11.6 Å². The molecule has 0 radical (unpaired) electrons. The lowest BCUT2D eigenvalue weighted by atomic mass is 10.2. The molecule has 1 rings (SSSR count). The summed E-state index contributed by atoms with van der Waals surface area (Å²) in [5.41, 5.74) is 3.28. The molecular formula is C3H6N4O2. The molecule has 0 aromatic rings. The summed E-state index contributed by atoms with van der Waals surface area (Å²) >= 11 is 0. The van der Waals surface area contributed by atoms with Gasteiger partial charge < -0.3 is 5.11 Å². The van der Waals surface area contributed by atoms with Crippen molar-refractivity contribution < 1.29 is 9.90 Å². The third-order valence-electron chi connectivity index (χ3n) is 1.02. The fourth-order valence-electron chi connectivity index (χ4n) is 0.380. The van der Waals surface area contributed by atoms with Gasteiger partial charge in [0.25, 0.3) is 0 Å². The number of nitrogens with one attached hydrogen (secondary N) is 2. The zero-order valence-electron chi connectivity index (χ0n) is 4.75. The molecule has 6 heteroatoms. The van der Waals surface area contributed by atoms with Crippen LogP contribution in [0.2, 0.25) is 0 Å². The van der Waals surface area contributed by atoms with Crippen LogP contribution in [0.5, 0.6) is 0 Å². The van der Waals surface area contributed by atoms with E-state index in [9.17, 15) is 4.79 Å². The van der Waals surface area contributed by atoms with Gasteiger partial charge in [0, 0.05) is 0 Å². The van der Waals surface area contributed by atoms with Gasteiger partial charge in [-0.15, -0.1) is 5.11 Å². The number of hydrogen-bond acceptors (Lipinski definition) is 5. The first-order valence-electron chi connectivity index (χ1n) is 2.32. The van der Waals surface area contributed by atoms with Crippen LogP contribution in [0, 0.1) is 0 Å². The second kappa shape index (κ2) is 1.66. The van der Waals surface area contributed by atoms with Crippen molar-refractivity contribution in [3.63, 3.8) is 0 Å². The fraction of sp³-hybridized carbons (Fsp3) is 0.667. The molecular weight excluding hydrogens is 124 g/mol. The van der Waals surface area contributed by atoms with Crippen molar-refractivity contribution in [1.29, 1.82) is 0 Å². The highest BCUT2D eigenvalue weighted by molar-refractivity contribution is 5.77. The number of carboxylic acids is 1. The highest BCUT2D eigenvalue weighted by Gasteiger charge is 2.35. The Morgan fingerprint density at radius 1 is 1.78 bits per heavy atom. The van der Waals surface area contributed by atoms with Gasteiger partial charge in [0.2, 0.25) is 5.66 Å². The minimum absolute atomic E-state index is 1.06. The molecule has 1 unspecified atom stereocenters. The van der Waals surface area contributed by atoms with Crippen LogP contribution in [-0.4, -0.2) is 16.7 Å². The molecule has 0 saturated carbocycles. The van der Waals surface area contributed by atoms with Crippen LogP contribution in [0.15, 0.2) is 10.3 Å². The summed E-state index contributed by atoms with van der Waals surface area (Å²) in [6.07, 6.45) is 0. The summed E-state index contributed by atoms with van der Waals surface area (Å²) in [4.78, 5) is 10.3. The van der Waals surface area contributed by atoms with E-state index in [0.717, 1.165) is 0 Å². The lowest BCUT2D eigenvalue weighted by Crippen LogP contribution is -2.48. The molecule has 0 spiro atoms. The maximum absolute atomic E-state index is 10.3. The third-order valence-corrected chi connectivity index (χ3v) is 1.02. The Labute approximate surface area is 50.9 Å². The predicted molar refractivity (Wildman–Crippen MR) is 27.2 cm³/mol. The second-order valence-electron chi connectivity index (χ2n) is 1.81. The van der Waals surface area contributed by atoms with Crippen molar-refractivity contribution in [2.45, 2.75) is 12.6 Å². The maximum Gasteiger partial charge on any atom is 0.350 e. The van der Waals surface area contributed by atoms with Crippen LogP contribution in [0.3, 0.4) is 0 Å². The van der Waals surface area contributed by atoms with Crippen LogP contribution < -0.4 is 11.0 Å². The van der Waals surface area contributed by atoms with Gasteiger partial charge in [0.1, 0.15) is 0 Å². The molecule has 50 valence electrons. The van der Waals surface area contributed by atoms with Gasteiger partial charge in [-0.1, -0.05) is 5.22 Å². The third kappa shape index (κ3) is 0.833. The molecule has 0 fully saturated rings. The molecule has 6 nitrogen and oxygen atoms in total. The maximum atomic E-state index is 10.3. The molecule has 0 bridgehead atoms. The topological polar surface area (TPSA) is 86.1 Å². The number of aliphatic carboxylic acids is 1. The summed E-state index contributed by atoms with van der Waals surface area (Å²) in [6.45, 7) is 1.40. The van der Waals surface area contributed by atoms with Crippen LogP contribution in [-0.2, 0) is 4.79 Å². The minimum atomic E-state index is -1.29. The van der Waals surface area contributed by atoms with Crippen LogP contribution in [0.25, 0.3) is 0 Å². The van der Waals surface area contributed by atoms with Crippen molar-refractivity contribution in [3.8, 4) is 0 Å². The summed E-state index contributed by atoms with van der Waals surface area (Å²) in [7, 11) is 0. The number of rotatable bonds is 1. The van der Waals surface area contributed by atoms with E-state index in [0.29, 0.717) is 0 Å². The molecule has 1 aliphatic rings. The van der Waals surface area contributed by atoms with Gasteiger partial charge in [-0.25, -0.2) is 10.3 Å². The SMILES string of the molecule is CC1(C(=O)O)N=NNN1. The molecule has 1 atom stereocenters. The molecule has 9 heavy (non-hydrogen) atoms. The first-order chi connectivity index (χ1) is 4.15. The van der Waals surface area contributed by atoms with Crippen LogP contribution in [0.1, 0.15) is 6.92 Å². The standard InChI is InChI=1S/C3H6N4O2/c1-3(2(8)9)4-6-7-5-3/h1H3,(H,4,7)(H,5,6)(H,8,9). The van der Waals surface area contributed by atoms with E-state index in [2.05, 4.69) is 21.3 Å². The highest BCUT2D eigenvalue weighted by Crippen LogP contribution is 2.08. The first kappa shape index (κ1) is 5.96. The van der Waals surface area contributed by atoms with E-state index in [1.807, 2.05) is 0 Å². The van der Waals surface area contributed by atoms with Gasteiger partial charge in [-0.3, -0.25) is 0 Å². The van der Waals surface area contributed by atoms with E-state index in [4.69, 9.17) is 5.11 Å². The number of hydrogen-bond donors (Lipinski definition) is 3. The van der Waals surface area contributed by atoms with Crippen molar-refractivity contribution in [2.24, 2.45) is 10.3 Å². The Balaban J connectivity index is 2.74. The summed E-state index contributed by atoms with van der Waals surface area (Å²) < 4.78 is 0. The Bertz CT molecular complexity index is 167. The smallest absolute Gasteiger partial charge is 0.350 e. The Morgan fingerprint density at radius 3 is 2.67 bits per heavy atom. The average Bonchev–Trinajstić information content (AvgIpc) is 2.16. The van der Waals surface area contributed by atoms with Crippen LogP contribution >= 0.6 is 0 Å². The van der Waals surface area contributed by atoms with Gasteiger partial charge >= 0.3 is 5.97 Å². The highest BCUT2D eigenvalue weighted by atomic mass is 16.4. The number of nitrogens with zero attached hydrogens (tertiary/aromatic N) is 2. The quantitative estimate of drug-likeness (QED) is 0.436. The molecule has 0 aromatic heterocycles. The normalized spacial score (nSPS) is 32.1. The number of carbonyl (C=O) groups is 1.